The largest absolute Gasteiger partial charge is 0.489 e. The maximum Gasteiger partial charge on any atom is 0.231 e. The Bertz CT molecular complexity index is 497. The predicted octanol–water partition coefficient (Wildman–Crippen LogP) is 3.07. The molecule has 1 aromatic carbocycles. The smallest absolute Gasteiger partial charge is 0.231 e. The summed E-state index contributed by atoms with van der Waals surface area (Å²) in [6.07, 6.45) is 0.914. The lowest BCUT2D eigenvalue weighted by atomic mass is 9.89. The van der Waals surface area contributed by atoms with E-state index in [2.05, 4.69) is 10.6 Å². The van der Waals surface area contributed by atoms with Crippen molar-refractivity contribution in [3.05, 3.63) is 23.2 Å². The second kappa shape index (κ2) is 6.02. The van der Waals surface area contributed by atoms with Gasteiger partial charge in [-0.25, -0.2) is 0 Å². The van der Waals surface area contributed by atoms with E-state index in [1.54, 1.807) is 12.1 Å². The van der Waals surface area contributed by atoms with E-state index in [1.807, 2.05) is 26.8 Å². The van der Waals surface area contributed by atoms with Crippen molar-refractivity contribution < 1.29 is 9.53 Å². The molecule has 0 aliphatic carbocycles. The van der Waals surface area contributed by atoms with Gasteiger partial charge in [0.15, 0.2) is 0 Å². The summed E-state index contributed by atoms with van der Waals surface area (Å²) in [4.78, 5) is 12.3. The molecule has 1 atom stereocenters. The second-order valence-corrected chi connectivity index (χ2v) is 6.16. The van der Waals surface area contributed by atoms with Gasteiger partial charge in [-0.3, -0.25) is 4.79 Å². The van der Waals surface area contributed by atoms with Gasteiger partial charge in [-0.2, -0.15) is 0 Å². The molecule has 1 unspecified atom stereocenters. The predicted molar refractivity (Wildman–Crippen MR) is 81.4 cm³/mol. The molecule has 0 saturated carbocycles. The molecule has 1 aliphatic rings. The minimum atomic E-state index is -0.348. The number of carbonyl (C=O) groups excluding carboxylic acids is 1. The van der Waals surface area contributed by atoms with Gasteiger partial charge in [-0.15, -0.1) is 0 Å². The topological polar surface area (TPSA) is 50.4 Å². The van der Waals surface area contributed by atoms with Gasteiger partial charge in [0.25, 0.3) is 0 Å². The van der Waals surface area contributed by atoms with Crippen LogP contribution in [0.3, 0.4) is 0 Å². The van der Waals surface area contributed by atoms with Crippen molar-refractivity contribution in [2.75, 3.05) is 18.4 Å². The summed E-state index contributed by atoms with van der Waals surface area (Å²) in [5.74, 6) is 0.657. The monoisotopic (exact) mass is 296 g/mol. The van der Waals surface area contributed by atoms with Gasteiger partial charge in [0.2, 0.25) is 5.91 Å². The summed E-state index contributed by atoms with van der Waals surface area (Å²) >= 11 is 6.16. The highest BCUT2D eigenvalue weighted by molar-refractivity contribution is 6.32. The summed E-state index contributed by atoms with van der Waals surface area (Å²) in [5.41, 5.74) is 0.351. The maximum absolute atomic E-state index is 12.3. The molecule has 4 nitrogen and oxygen atoms in total. The zero-order chi connectivity index (χ0) is 14.8. The van der Waals surface area contributed by atoms with Gasteiger partial charge in [0.05, 0.1) is 16.5 Å². The van der Waals surface area contributed by atoms with Crippen LogP contribution in [0.2, 0.25) is 5.02 Å². The van der Waals surface area contributed by atoms with Crippen LogP contribution in [0.25, 0.3) is 0 Å². The average Bonchev–Trinajstić information content (AvgIpc) is 2.81. The van der Waals surface area contributed by atoms with E-state index in [0.29, 0.717) is 23.0 Å². The zero-order valence-corrected chi connectivity index (χ0v) is 12.9. The first-order valence-electron chi connectivity index (χ1n) is 6.89. The first-order valence-corrected chi connectivity index (χ1v) is 7.27. The van der Waals surface area contributed by atoms with Crippen LogP contribution in [-0.2, 0) is 4.79 Å². The molecule has 0 aromatic heterocycles. The summed E-state index contributed by atoms with van der Waals surface area (Å²) in [6, 6.07) is 5.32. The van der Waals surface area contributed by atoms with E-state index < -0.39 is 0 Å². The Hall–Kier alpha value is -1.26. The van der Waals surface area contributed by atoms with E-state index in [1.165, 1.54) is 0 Å². The number of halogens is 1. The Morgan fingerprint density at radius 2 is 2.25 bits per heavy atom. The molecule has 0 bridgehead atoms. The van der Waals surface area contributed by atoms with E-state index >= 15 is 0 Å². The van der Waals surface area contributed by atoms with Crippen LogP contribution in [0.1, 0.15) is 27.2 Å². The fourth-order valence-electron chi connectivity index (χ4n) is 2.22. The lowest BCUT2D eigenvalue weighted by molar-refractivity contribution is -0.123. The number of ether oxygens (including phenoxy) is 1. The van der Waals surface area contributed by atoms with Gasteiger partial charge in [-0.05, 0) is 51.9 Å². The number of benzene rings is 1. The molecule has 2 rings (SSSR count). The van der Waals surface area contributed by atoms with Crippen molar-refractivity contribution >= 4 is 23.2 Å². The Morgan fingerprint density at radius 3 is 2.80 bits per heavy atom. The van der Waals surface area contributed by atoms with E-state index in [-0.39, 0.29) is 17.4 Å². The number of amides is 1. The fourth-order valence-corrected chi connectivity index (χ4v) is 2.45. The molecule has 1 saturated heterocycles. The molecule has 1 aromatic rings. The van der Waals surface area contributed by atoms with E-state index in [4.69, 9.17) is 16.3 Å². The van der Waals surface area contributed by atoms with Gasteiger partial charge >= 0.3 is 0 Å². The minimum Gasteiger partial charge on any atom is -0.489 e. The van der Waals surface area contributed by atoms with Crippen LogP contribution in [0.5, 0.6) is 5.75 Å². The van der Waals surface area contributed by atoms with Crippen LogP contribution < -0.4 is 15.4 Å². The highest BCUT2D eigenvalue weighted by Gasteiger charge is 2.36. The average molecular weight is 297 g/mol. The quantitative estimate of drug-likeness (QED) is 0.898. The Morgan fingerprint density at radius 1 is 1.50 bits per heavy atom. The van der Waals surface area contributed by atoms with Crippen LogP contribution in [0.4, 0.5) is 5.69 Å². The van der Waals surface area contributed by atoms with Crippen molar-refractivity contribution in [2.24, 2.45) is 5.41 Å². The van der Waals surface area contributed by atoms with Gasteiger partial charge < -0.3 is 15.4 Å². The number of carbonyl (C=O) groups is 1. The Kier molecular flexibility index (Phi) is 4.55. The summed E-state index contributed by atoms with van der Waals surface area (Å²) in [5, 5.41) is 6.65. The second-order valence-electron chi connectivity index (χ2n) is 5.75. The molecule has 1 fully saturated rings. The van der Waals surface area contributed by atoms with Crippen molar-refractivity contribution in [3.8, 4) is 5.75 Å². The van der Waals surface area contributed by atoms with Crippen molar-refractivity contribution in [1.29, 1.82) is 0 Å². The summed E-state index contributed by atoms with van der Waals surface area (Å²) < 4.78 is 5.57. The number of hydrogen-bond donors (Lipinski definition) is 2. The minimum absolute atomic E-state index is 0.0242. The van der Waals surface area contributed by atoms with Gasteiger partial charge in [0, 0.05) is 12.2 Å². The first kappa shape index (κ1) is 15.1. The number of nitrogens with one attached hydrogen (secondary N) is 2. The number of anilines is 1. The number of hydrogen-bond acceptors (Lipinski definition) is 3. The van der Waals surface area contributed by atoms with Crippen molar-refractivity contribution in [2.45, 2.75) is 33.3 Å². The van der Waals surface area contributed by atoms with E-state index in [9.17, 15) is 4.79 Å². The molecular formula is C15H21ClN2O2. The SMILES string of the molecule is CC(C)Oc1ccc(NC(=O)C2(C)CCNC2)cc1Cl. The van der Waals surface area contributed by atoms with Crippen molar-refractivity contribution in [1.82, 2.24) is 5.32 Å². The molecule has 1 heterocycles. The normalized spacial score (nSPS) is 22.1. The van der Waals surface area contributed by atoms with Crippen LogP contribution in [0.15, 0.2) is 18.2 Å². The Balaban J connectivity index is 2.06. The standard InChI is InChI=1S/C15H21ClN2O2/c1-10(2)20-13-5-4-11(8-12(13)16)18-14(19)15(3)6-7-17-9-15/h4-5,8,10,17H,6-7,9H2,1-3H3,(H,18,19). The number of rotatable bonds is 4. The first-order chi connectivity index (χ1) is 9.40. The van der Waals surface area contributed by atoms with Gasteiger partial charge in [-0.1, -0.05) is 11.6 Å². The molecule has 5 heteroatoms. The molecular weight excluding hydrogens is 276 g/mol. The third-order valence-electron chi connectivity index (χ3n) is 3.47. The molecule has 1 amide bonds. The highest BCUT2D eigenvalue weighted by Crippen LogP contribution is 2.30. The Labute approximate surface area is 124 Å². The third kappa shape index (κ3) is 3.44. The molecule has 1 aliphatic heterocycles. The molecule has 110 valence electrons. The lowest BCUT2D eigenvalue weighted by Crippen LogP contribution is -2.35. The maximum atomic E-state index is 12.3. The fraction of sp³-hybridized carbons (Fsp3) is 0.533. The van der Waals surface area contributed by atoms with E-state index in [0.717, 1.165) is 13.0 Å². The van der Waals surface area contributed by atoms with Crippen LogP contribution in [0, 0.1) is 5.41 Å². The summed E-state index contributed by atoms with van der Waals surface area (Å²) in [7, 11) is 0. The zero-order valence-electron chi connectivity index (χ0n) is 12.1. The van der Waals surface area contributed by atoms with Crippen LogP contribution in [-0.4, -0.2) is 25.1 Å². The molecule has 20 heavy (non-hydrogen) atoms. The third-order valence-corrected chi connectivity index (χ3v) is 3.76. The molecule has 0 spiro atoms. The summed E-state index contributed by atoms with van der Waals surface area (Å²) in [6.45, 7) is 7.45. The highest BCUT2D eigenvalue weighted by atomic mass is 35.5. The van der Waals surface area contributed by atoms with Crippen molar-refractivity contribution in [3.63, 3.8) is 0 Å². The van der Waals surface area contributed by atoms with Crippen LogP contribution >= 0.6 is 11.6 Å². The lowest BCUT2D eigenvalue weighted by Gasteiger charge is -2.21. The molecule has 2 N–H and O–H groups in total. The molecule has 0 radical (unpaired) electrons. The van der Waals surface area contributed by atoms with Gasteiger partial charge in [0.1, 0.15) is 5.75 Å².